The molecule has 21 heavy (non-hydrogen) atoms. The Kier molecular flexibility index (Phi) is 4.65. The zero-order valence-corrected chi connectivity index (χ0v) is 12.9. The van der Waals surface area contributed by atoms with Gasteiger partial charge in [-0.2, -0.15) is 4.31 Å². The van der Waals surface area contributed by atoms with Gasteiger partial charge in [-0.1, -0.05) is 18.6 Å². The maximum absolute atomic E-state index is 12.9. The summed E-state index contributed by atoms with van der Waals surface area (Å²) in [5, 5.41) is 0. The van der Waals surface area contributed by atoms with Crippen molar-refractivity contribution in [2.24, 2.45) is 11.5 Å². The van der Waals surface area contributed by atoms with Crippen molar-refractivity contribution in [1.82, 2.24) is 4.31 Å². The first-order valence-corrected chi connectivity index (χ1v) is 8.42. The van der Waals surface area contributed by atoms with Crippen molar-refractivity contribution in [2.45, 2.75) is 43.7 Å². The van der Waals surface area contributed by atoms with E-state index >= 15 is 0 Å². The van der Waals surface area contributed by atoms with Crippen LogP contribution in [-0.2, 0) is 21.4 Å². The van der Waals surface area contributed by atoms with Gasteiger partial charge in [0.05, 0.1) is 4.90 Å². The predicted octanol–water partition coefficient (Wildman–Crippen LogP) is 0.482. The fraction of sp³-hybridized carbons (Fsp3) is 0.500. The van der Waals surface area contributed by atoms with Crippen molar-refractivity contribution in [3.63, 3.8) is 0 Å². The number of nitrogens with two attached hydrogens (primary N) is 2. The molecule has 0 spiro atoms. The summed E-state index contributed by atoms with van der Waals surface area (Å²) in [7, 11) is -3.74. The quantitative estimate of drug-likeness (QED) is 0.843. The van der Waals surface area contributed by atoms with Gasteiger partial charge >= 0.3 is 0 Å². The van der Waals surface area contributed by atoms with Crippen molar-refractivity contribution in [1.29, 1.82) is 0 Å². The van der Waals surface area contributed by atoms with Gasteiger partial charge in [-0.15, -0.1) is 0 Å². The number of benzene rings is 1. The first-order valence-electron chi connectivity index (χ1n) is 6.98. The molecule has 1 amide bonds. The lowest BCUT2D eigenvalue weighted by molar-refractivity contribution is -0.122. The highest BCUT2D eigenvalue weighted by Gasteiger charge is 2.37. The van der Waals surface area contributed by atoms with E-state index in [1.807, 2.05) is 0 Å². The topological polar surface area (TPSA) is 106 Å². The molecule has 1 heterocycles. The number of piperidine rings is 1. The summed E-state index contributed by atoms with van der Waals surface area (Å²) in [6.45, 7) is 2.32. The summed E-state index contributed by atoms with van der Waals surface area (Å²) < 4.78 is 27.0. The maximum Gasteiger partial charge on any atom is 0.244 e. The fourth-order valence-corrected chi connectivity index (χ4v) is 4.59. The lowest BCUT2D eigenvalue weighted by Crippen LogP contribution is -2.50. The SMILES string of the molecule is Cc1ccc(CN)cc1S(=O)(=O)N1CCCCC1C(N)=O. The van der Waals surface area contributed by atoms with Crippen LogP contribution in [0.3, 0.4) is 0 Å². The van der Waals surface area contributed by atoms with Crippen LogP contribution in [-0.4, -0.2) is 31.2 Å². The molecule has 4 N–H and O–H groups in total. The Balaban J connectivity index is 2.47. The number of nitrogens with zero attached hydrogens (tertiary/aromatic N) is 1. The molecule has 1 aromatic rings. The Morgan fingerprint density at radius 3 is 2.71 bits per heavy atom. The van der Waals surface area contributed by atoms with E-state index in [2.05, 4.69) is 0 Å². The molecule has 0 bridgehead atoms. The number of amides is 1. The van der Waals surface area contributed by atoms with E-state index in [0.717, 1.165) is 18.4 Å². The molecule has 1 saturated heterocycles. The molecular weight excluding hydrogens is 290 g/mol. The number of hydrogen-bond donors (Lipinski definition) is 2. The molecule has 1 unspecified atom stereocenters. The van der Waals surface area contributed by atoms with Gasteiger partial charge < -0.3 is 11.5 Å². The molecule has 116 valence electrons. The van der Waals surface area contributed by atoms with E-state index in [1.54, 1.807) is 25.1 Å². The van der Waals surface area contributed by atoms with Crippen LogP contribution >= 0.6 is 0 Å². The van der Waals surface area contributed by atoms with Gasteiger partial charge in [-0.25, -0.2) is 8.42 Å². The second-order valence-corrected chi connectivity index (χ2v) is 7.19. The number of primary amides is 1. The summed E-state index contributed by atoms with van der Waals surface area (Å²) in [6.07, 6.45) is 2.02. The standard InChI is InChI=1S/C14H21N3O3S/c1-10-5-6-11(9-15)8-13(10)21(19,20)17-7-3-2-4-12(17)14(16)18/h5-6,8,12H,2-4,7,9,15H2,1H3,(H2,16,18). The summed E-state index contributed by atoms with van der Waals surface area (Å²) in [4.78, 5) is 11.8. The minimum Gasteiger partial charge on any atom is -0.368 e. The first kappa shape index (κ1) is 15.9. The van der Waals surface area contributed by atoms with Crippen LogP contribution in [0.25, 0.3) is 0 Å². The van der Waals surface area contributed by atoms with Crippen molar-refractivity contribution >= 4 is 15.9 Å². The summed E-state index contributed by atoms with van der Waals surface area (Å²) in [5.74, 6) is -0.592. The third-order valence-electron chi connectivity index (χ3n) is 3.86. The lowest BCUT2D eigenvalue weighted by atomic mass is 10.0. The van der Waals surface area contributed by atoms with Crippen LogP contribution in [0.5, 0.6) is 0 Å². The summed E-state index contributed by atoms with van der Waals surface area (Å²) in [5.41, 5.74) is 12.3. The van der Waals surface area contributed by atoms with E-state index in [1.165, 1.54) is 4.31 Å². The van der Waals surface area contributed by atoms with Crippen molar-refractivity contribution in [2.75, 3.05) is 6.54 Å². The number of rotatable bonds is 4. The molecule has 1 atom stereocenters. The Labute approximate surface area is 125 Å². The van der Waals surface area contributed by atoms with Crippen molar-refractivity contribution in [3.05, 3.63) is 29.3 Å². The second-order valence-electron chi connectivity index (χ2n) is 5.33. The van der Waals surface area contributed by atoms with Crippen LogP contribution < -0.4 is 11.5 Å². The predicted molar refractivity (Wildman–Crippen MR) is 79.8 cm³/mol. The average molecular weight is 311 g/mol. The zero-order valence-electron chi connectivity index (χ0n) is 12.1. The zero-order chi connectivity index (χ0) is 15.6. The molecule has 0 aromatic heterocycles. The van der Waals surface area contributed by atoms with Gasteiger partial charge in [-0.05, 0) is 37.0 Å². The molecular formula is C14H21N3O3S. The van der Waals surface area contributed by atoms with Crippen LogP contribution in [0.15, 0.2) is 23.1 Å². The molecule has 0 saturated carbocycles. The minimum absolute atomic E-state index is 0.207. The van der Waals surface area contributed by atoms with E-state index in [0.29, 0.717) is 18.5 Å². The Bertz CT molecular complexity index is 643. The molecule has 1 fully saturated rings. The van der Waals surface area contributed by atoms with E-state index in [-0.39, 0.29) is 11.4 Å². The molecule has 1 aromatic carbocycles. The molecule has 2 rings (SSSR count). The number of aryl methyl sites for hydroxylation is 1. The highest BCUT2D eigenvalue weighted by atomic mass is 32.2. The third-order valence-corrected chi connectivity index (χ3v) is 5.91. The fourth-order valence-electron chi connectivity index (χ4n) is 2.65. The molecule has 1 aliphatic rings. The highest BCUT2D eigenvalue weighted by molar-refractivity contribution is 7.89. The normalized spacial score (nSPS) is 20.4. The van der Waals surface area contributed by atoms with E-state index in [9.17, 15) is 13.2 Å². The Morgan fingerprint density at radius 1 is 1.38 bits per heavy atom. The third kappa shape index (κ3) is 3.09. The molecule has 0 aliphatic carbocycles. The van der Waals surface area contributed by atoms with Crippen LogP contribution in [0.2, 0.25) is 0 Å². The molecule has 7 heteroatoms. The van der Waals surface area contributed by atoms with E-state index < -0.39 is 22.0 Å². The van der Waals surface area contributed by atoms with Gasteiger partial charge in [0, 0.05) is 13.1 Å². The van der Waals surface area contributed by atoms with Crippen molar-refractivity contribution < 1.29 is 13.2 Å². The van der Waals surface area contributed by atoms with Gasteiger partial charge in [-0.3, -0.25) is 4.79 Å². The van der Waals surface area contributed by atoms with Crippen LogP contribution in [0.4, 0.5) is 0 Å². The maximum atomic E-state index is 12.9. The van der Waals surface area contributed by atoms with E-state index in [4.69, 9.17) is 11.5 Å². The average Bonchev–Trinajstić information content (AvgIpc) is 2.47. The minimum atomic E-state index is -3.74. The Hall–Kier alpha value is -1.44. The largest absolute Gasteiger partial charge is 0.368 e. The Morgan fingerprint density at radius 2 is 2.10 bits per heavy atom. The number of carbonyl (C=O) groups is 1. The van der Waals surface area contributed by atoms with Crippen LogP contribution in [0, 0.1) is 6.92 Å². The molecule has 0 radical (unpaired) electrons. The number of carbonyl (C=O) groups excluding carboxylic acids is 1. The van der Waals surface area contributed by atoms with Gasteiger partial charge in [0.25, 0.3) is 0 Å². The van der Waals surface area contributed by atoms with Crippen molar-refractivity contribution in [3.8, 4) is 0 Å². The lowest BCUT2D eigenvalue weighted by Gasteiger charge is -2.33. The highest BCUT2D eigenvalue weighted by Crippen LogP contribution is 2.27. The molecule has 6 nitrogen and oxygen atoms in total. The van der Waals surface area contributed by atoms with Gasteiger partial charge in [0.2, 0.25) is 15.9 Å². The number of sulfonamides is 1. The van der Waals surface area contributed by atoms with Gasteiger partial charge in [0.1, 0.15) is 6.04 Å². The molecule has 1 aliphatic heterocycles. The summed E-state index contributed by atoms with van der Waals surface area (Å²) in [6, 6.07) is 4.36. The smallest absolute Gasteiger partial charge is 0.244 e. The van der Waals surface area contributed by atoms with Gasteiger partial charge in [0.15, 0.2) is 0 Å². The summed E-state index contributed by atoms with van der Waals surface area (Å²) >= 11 is 0. The first-order chi connectivity index (χ1) is 9.87. The monoisotopic (exact) mass is 311 g/mol. The number of hydrogen-bond acceptors (Lipinski definition) is 4. The van der Waals surface area contributed by atoms with Crippen LogP contribution in [0.1, 0.15) is 30.4 Å². The second kappa shape index (κ2) is 6.13.